The summed E-state index contributed by atoms with van der Waals surface area (Å²) in [4.78, 5) is 38.5. The van der Waals surface area contributed by atoms with Gasteiger partial charge in [0.25, 0.3) is 0 Å². The molecule has 31 heavy (non-hydrogen) atoms. The number of benzene rings is 1. The van der Waals surface area contributed by atoms with E-state index < -0.39 is 47.7 Å². The normalized spacial score (nSPS) is 25.1. The Morgan fingerprint density at radius 2 is 1.71 bits per heavy atom. The maximum absolute atomic E-state index is 11.8. The third-order valence-electron chi connectivity index (χ3n) is 4.59. The molecule has 0 spiro atoms. The highest BCUT2D eigenvalue weighted by Crippen LogP contribution is 2.38. The van der Waals surface area contributed by atoms with Crippen molar-refractivity contribution < 1.29 is 33.3 Å². The summed E-state index contributed by atoms with van der Waals surface area (Å²) >= 11 is 1.26. The van der Waals surface area contributed by atoms with Gasteiger partial charge in [0, 0.05) is 30.6 Å². The fourth-order valence-electron chi connectivity index (χ4n) is 3.09. The van der Waals surface area contributed by atoms with Crippen LogP contribution >= 0.6 is 11.8 Å². The minimum absolute atomic E-state index is 0.235. The van der Waals surface area contributed by atoms with E-state index in [0.29, 0.717) is 0 Å². The molecule has 0 amide bonds. The number of esters is 3. The molecular weight excluding hydrogens is 426 g/mol. The van der Waals surface area contributed by atoms with Crippen molar-refractivity contribution in [3.63, 3.8) is 0 Å². The summed E-state index contributed by atoms with van der Waals surface area (Å²) < 4.78 is 21.9. The predicted molar refractivity (Wildman–Crippen MR) is 111 cm³/mol. The van der Waals surface area contributed by atoms with Crippen molar-refractivity contribution in [3.8, 4) is 0 Å². The van der Waals surface area contributed by atoms with Crippen LogP contribution in [0.2, 0.25) is 0 Å². The second-order valence-electron chi connectivity index (χ2n) is 7.05. The molecule has 0 aliphatic carbocycles. The lowest BCUT2D eigenvalue weighted by atomic mass is 9.97. The average molecular weight is 452 g/mol. The molecule has 5 atom stereocenters. The molecule has 2 rings (SSSR count). The average Bonchev–Trinajstić information content (AvgIpc) is 2.67. The summed E-state index contributed by atoms with van der Waals surface area (Å²) in [5.41, 5.74) is 10.5. The Hall–Kier alpha value is -2.75. The van der Waals surface area contributed by atoms with Crippen molar-refractivity contribution in [3.05, 3.63) is 39.8 Å². The van der Waals surface area contributed by atoms with Crippen molar-refractivity contribution in [1.29, 1.82) is 0 Å². The van der Waals surface area contributed by atoms with Crippen LogP contribution in [0.5, 0.6) is 0 Å². The number of thioether (sulfide) groups is 1. The van der Waals surface area contributed by atoms with Crippen LogP contribution in [-0.4, -0.2) is 54.3 Å². The first kappa shape index (κ1) is 24.5. The molecule has 1 aliphatic rings. The molecule has 0 aromatic heterocycles. The number of ether oxygens (including phenoxy) is 4. The molecule has 0 bridgehead atoms. The predicted octanol–water partition coefficient (Wildman–Crippen LogP) is 3.23. The van der Waals surface area contributed by atoms with Crippen molar-refractivity contribution in [2.24, 2.45) is 5.11 Å². The highest BCUT2D eigenvalue weighted by Gasteiger charge is 2.50. The van der Waals surface area contributed by atoms with E-state index in [9.17, 15) is 14.4 Å². The molecule has 0 radical (unpaired) electrons. The zero-order valence-corrected chi connectivity index (χ0v) is 18.8. The van der Waals surface area contributed by atoms with E-state index in [1.54, 1.807) is 0 Å². The second-order valence-corrected chi connectivity index (χ2v) is 8.22. The number of hydrogen-bond acceptors (Lipinski definition) is 9. The number of hydrogen-bond donors (Lipinski definition) is 0. The number of azide groups is 1. The van der Waals surface area contributed by atoms with E-state index in [1.807, 2.05) is 32.0 Å². The summed E-state index contributed by atoms with van der Waals surface area (Å²) in [6, 6.07) is 4.71. The molecule has 2 unspecified atom stereocenters. The molecular formula is C20H25N3O7S. The number of carbonyl (C=O) groups excluding carboxylic acids is 3. The SMILES string of the molecule is CC(=O)OCC1O[C@H](Sc2ccc(C)c(C)c2)C(OC(C)=O)[C@@H](N=[N+]=[N-])[C@H]1OC(C)=O. The highest BCUT2D eigenvalue weighted by molar-refractivity contribution is 7.99. The molecule has 11 heteroatoms. The number of aryl methyl sites for hydroxylation is 2. The Morgan fingerprint density at radius 1 is 1.06 bits per heavy atom. The van der Waals surface area contributed by atoms with Gasteiger partial charge in [-0.25, -0.2) is 0 Å². The van der Waals surface area contributed by atoms with Gasteiger partial charge in [0.1, 0.15) is 36.4 Å². The zero-order chi connectivity index (χ0) is 23.1. The van der Waals surface area contributed by atoms with E-state index in [-0.39, 0.29) is 6.61 Å². The standard InChI is InChI=1S/C20H25N3O7S/c1-10-6-7-15(8-11(10)2)31-20-19(29-14(5)26)17(22-23-21)18(28-13(4)25)16(30-20)9-27-12(3)24/h6-8,16-20H,9H2,1-5H3/t16?,17-,18-,19?,20+/m0/s1. The van der Waals surface area contributed by atoms with Crippen molar-refractivity contribution in [2.75, 3.05) is 6.61 Å². The molecule has 1 aromatic rings. The first-order valence-corrected chi connectivity index (χ1v) is 10.4. The molecule has 1 aliphatic heterocycles. The molecule has 1 aromatic carbocycles. The van der Waals surface area contributed by atoms with Crippen molar-refractivity contribution in [1.82, 2.24) is 0 Å². The first-order valence-electron chi connectivity index (χ1n) is 9.53. The van der Waals surface area contributed by atoms with Gasteiger partial charge in [-0.3, -0.25) is 14.4 Å². The van der Waals surface area contributed by atoms with Gasteiger partial charge in [0.05, 0.1) is 0 Å². The topological polar surface area (TPSA) is 137 Å². The van der Waals surface area contributed by atoms with Crippen LogP contribution in [0.25, 0.3) is 10.4 Å². The fraction of sp³-hybridized carbons (Fsp3) is 0.550. The molecule has 168 valence electrons. The van der Waals surface area contributed by atoms with E-state index in [4.69, 9.17) is 24.5 Å². The molecule has 1 heterocycles. The Balaban J connectivity index is 2.44. The van der Waals surface area contributed by atoms with Gasteiger partial charge in [-0.2, -0.15) is 0 Å². The Bertz CT molecular complexity index is 888. The third-order valence-corrected chi connectivity index (χ3v) is 5.73. The van der Waals surface area contributed by atoms with Gasteiger partial charge >= 0.3 is 17.9 Å². The maximum atomic E-state index is 11.8. The van der Waals surface area contributed by atoms with Crippen LogP contribution in [-0.2, 0) is 33.3 Å². The maximum Gasteiger partial charge on any atom is 0.303 e. The highest BCUT2D eigenvalue weighted by atomic mass is 32.2. The minimum Gasteiger partial charge on any atom is -0.463 e. The van der Waals surface area contributed by atoms with E-state index >= 15 is 0 Å². The largest absolute Gasteiger partial charge is 0.463 e. The summed E-state index contributed by atoms with van der Waals surface area (Å²) in [5.74, 6) is -1.81. The minimum atomic E-state index is -1.12. The van der Waals surface area contributed by atoms with Crippen LogP contribution < -0.4 is 0 Å². The van der Waals surface area contributed by atoms with E-state index in [0.717, 1.165) is 16.0 Å². The lowest BCUT2D eigenvalue weighted by Gasteiger charge is -2.43. The number of rotatable bonds is 7. The number of nitrogens with zero attached hydrogens (tertiary/aromatic N) is 3. The van der Waals surface area contributed by atoms with Crippen molar-refractivity contribution in [2.45, 2.75) is 69.3 Å². The summed E-state index contributed by atoms with van der Waals surface area (Å²) in [5, 5.41) is 3.75. The third kappa shape index (κ3) is 6.88. The quantitative estimate of drug-likeness (QED) is 0.203. The van der Waals surface area contributed by atoms with Crippen molar-refractivity contribution >= 4 is 29.7 Å². The zero-order valence-electron chi connectivity index (χ0n) is 17.9. The van der Waals surface area contributed by atoms with Gasteiger partial charge in [-0.15, -0.1) is 0 Å². The monoisotopic (exact) mass is 451 g/mol. The van der Waals surface area contributed by atoms with Gasteiger partial charge < -0.3 is 18.9 Å². The lowest BCUT2D eigenvalue weighted by molar-refractivity contribution is -0.201. The Morgan fingerprint density at radius 3 is 2.26 bits per heavy atom. The smallest absolute Gasteiger partial charge is 0.303 e. The van der Waals surface area contributed by atoms with Crippen LogP contribution in [0, 0.1) is 13.8 Å². The van der Waals surface area contributed by atoms with Gasteiger partial charge in [0.2, 0.25) is 0 Å². The molecule has 1 fully saturated rings. The summed E-state index contributed by atoms with van der Waals surface area (Å²) in [7, 11) is 0. The lowest BCUT2D eigenvalue weighted by Crippen LogP contribution is -2.59. The summed E-state index contributed by atoms with van der Waals surface area (Å²) in [6.45, 7) is 7.36. The van der Waals surface area contributed by atoms with E-state index in [2.05, 4.69) is 10.0 Å². The van der Waals surface area contributed by atoms with Crippen LogP contribution in [0.15, 0.2) is 28.2 Å². The van der Waals surface area contributed by atoms with Crippen LogP contribution in [0.1, 0.15) is 31.9 Å². The molecule has 0 saturated carbocycles. The van der Waals surface area contributed by atoms with Gasteiger partial charge in [-0.05, 0) is 42.6 Å². The van der Waals surface area contributed by atoms with E-state index in [1.165, 1.54) is 32.5 Å². The van der Waals surface area contributed by atoms with Gasteiger partial charge in [-0.1, -0.05) is 22.9 Å². The molecule has 0 N–H and O–H groups in total. The Labute approximate surface area is 184 Å². The molecule has 1 saturated heterocycles. The van der Waals surface area contributed by atoms with Gasteiger partial charge in [0.15, 0.2) is 0 Å². The fourth-order valence-corrected chi connectivity index (χ4v) is 4.30. The molecule has 10 nitrogen and oxygen atoms in total. The Kier molecular flexibility index (Phi) is 8.73. The number of carbonyl (C=O) groups is 3. The second kappa shape index (κ2) is 11.0. The van der Waals surface area contributed by atoms with Crippen LogP contribution in [0.4, 0.5) is 0 Å². The first-order chi connectivity index (χ1) is 14.6. The van der Waals surface area contributed by atoms with Crippen LogP contribution in [0.3, 0.4) is 0 Å². The summed E-state index contributed by atoms with van der Waals surface area (Å²) in [6.07, 6.45) is -3.09.